The summed E-state index contributed by atoms with van der Waals surface area (Å²) in [5.74, 6) is -0.874. The Morgan fingerprint density at radius 3 is 2.25 bits per heavy atom. The number of benzene rings is 2. The zero-order chi connectivity index (χ0) is 20.3. The van der Waals surface area contributed by atoms with Crippen LogP contribution >= 0.6 is 0 Å². The Morgan fingerprint density at radius 2 is 1.68 bits per heavy atom. The molecule has 3 rings (SSSR count). The van der Waals surface area contributed by atoms with Crippen molar-refractivity contribution in [1.82, 2.24) is 9.97 Å². The molecule has 0 saturated heterocycles. The molecule has 0 unspecified atom stereocenters. The minimum absolute atomic E-state index is 0.00393. The summed E-state index contributed by atoms with van der Waals surface area (Å²) in [4.78, 5) is 9.23. The van der Waals surface area contributed by atoms with Gasteiger partial charge in [-0.1, -0.05) is 0 Å². The molecule has 5 nitrogen and oxygen atoms in total. The number of anilines is 4. The third kappa shape index (κ3) is 4.17. The molecule has 2 aromatic carbocycles. The summed E-state index contributed by atoms with van der Waals surface area (Å²) in [5.41, 5.74) is 0.179. The van der Waals surface area contributed by atoms with Gasteiger partial charge in [0.15, 0.2) is 0 Å². The summed E-state index contributed by atoms with van der Waals surface area (Å²) >= 11 is 0. The highest BCUT2D eigenvalue weighted by Crippen LogP contribution is 2.36. The van der Waals surface area contributed by atoms with Gasteiger partial charge in [0.2, 0.25) is 5.95 Å². The van der Waals surface area contributed by atoms with E-state index in [0.717, 1.165) is 0 Å². The third-order valence-electron chi connectivity index (χ3n) is 3.87. The molecule has 0 fully saturated rings. The van der Waals surface area contributed by atoms with Crippen molar-refractivity contribution in [2.24, 2.45) is 0 Å². The maximum absolute atomic E-state index is 13.4. The Bertz CT molecular complexity index is 1010. The molecule has 1 aromatic heterocycles. The zero-order valence-electron chi connectivity index (χ0n) is 14.5. The van der Waals surface area contributed by atoms with E-state index in [9.17, 15) is 17.6 Å². The predicted octanol–water partition coefficient (Wildman–Crippen LogP) is 5.02. The van der Waals surface area contributed by atoms with Crippen molar-refractivity contribution in [1.29, 1.82) is 5.26 Å². The molecule has 0 aliphatic rings. The van der Waals surface area contributed by atoms with Crippen LogP contribution < -0.4 is 10.2 Å². The first-order chi connectivity index (χ1) is 13.3. The molecule has 0 atom stereocenters. The van der Waals surface area contributed by atoms with Crippen molar-refractivity contribution >= 4 is 23.1 Å². The van der Waals surface area contributed by atoms with Gasteiger partial charge in [-0.2, -0.15) is 23.4 Å². The van der Waals surface area contributed by atoms with Gasteiger partial charge in [-0.3, -0.25) is 0 Å². The van der Waals surface area contributed by atoms with Crippen LogP contribution in [0.3, 0.4) is 0 Å². The summed E-state index contributed by atoms with van der Waals surface area (Å²) < 4.78 is 53.1. The first-order valence-electron chi connectivity index (χ1n) is 7.98. The first kappa shape index (κ1) is 19.1. The first-order valence-corrected chi connectivity index (χ1v) is 7.98. The Kier molecular flexibility index (Phi) is 5.13. The molecular weight excluding hydrogens is 374 g/mol. The van der Waals surface area contributed by atoms with Crippen molar-refractivity contribution in [2.45, 2.75) is 6.18 Å². The number of halogens is 4. The average Bonchev–Trinajstić information content (AvgIpc) is 2.68. The van der Waals surface area contributed by atoms with Gasteiger partial charge >= 0.3 is 6.18 Å². The summed E-state index contributed by atoms with van der Waals surface area (Å²) in [6, 6.07) is 13.2. The van der Waals surface area contributed by atoms with Gasteiger partial charge in [-0.05, 0) is 48.5 Å². The highest BCUT2D eigenvalue weighted by Gasteiger charge is 2.35. The highest BCUT2D eigenvalue weighted by atomic mass is 19.4. The second-order valence-corrected chi connectivity index (χ2v) is 5.78. The average molecular weight is 387 g/mol. The quantitative estimate of drug-likeness (QED) is 0.637. The lowest BCUT2D eigenvalue weighted by Crippen LogP contribution is -2.17. The maximum Gasteiger partial charge on any atom is 0.421 e. The van der Waals surface area contributed by atoms with Crippen molar-refractivity contribution in [2.75, 3.05) is 17.3 Å². The van der Waals surface area contributed by atoms with Crippen LogP contribution in [0.1, 0.15) is 11.1 Å². The highest BCUT2D eigenvalue weighted by molar-refractivity contribution is 5.64. The van der Waals surface area contributed by atoms with Crippen molar-refractivity contribution in [3.63, 3.8) is 0 Å². The molecule has 1 N–H and O–H groups in total. The molecule has 0 spiro atoms. The number of hydrogen-bond donors (Lipinski definition) is 1. The second kappa shape index (κ2) is 7.52. The second-order valence-electron chi connectivity index (χ2n) is 5.78. The fourth-order valence-electron chi connectivity index (χ4n) is 2.38. The van der Waals surface area contributed by atoms with E-state index in [-0.39, 0.29) is 5.95 Å². The maximum atomic E-state index is 13.4. The minimum Gasteiger partial charge on any atom is -0.340 e. The molecular formula is C19H13F4N5. The number of rotatable bonds is 4. The molecule has 28 heavy (non-hydrogen) atoms. The summed E-state index contributed by atoms with van der Waals surface area (Å²) in [5, 5.41) is 11.4. The predicted molar refractivity (Wildman–Crippen MR) is 95.9 cm³/mol. The van der Waals surface area contributed by atoms with Gasteiger partial charge in [0, 0.05) is 24.6 Å². The van der Waals surface area contributed by atoms with E-state index < -0.39 is 23.4 Å². The third-order valence-corrected chi connectivity index (χ3v) is 3.87. The number of nitriles is 1. The van der Waals surface area contributed by atoms with Gasteiger partial charge in [0.25, 0.3) is 0 Å². The molecule has 9 heteroatoms. The van der Waals surface area contributed by atoms with E-state index in [1.807, 2.05) is 6.07 Å². The SMILES string of the molecule is CN(c1ccc(F)cc1)c1ncc(C(F)(F)F)c(Nc2ccc(C#N)cc2)n1. The normalized spacial score (nSPS) is 11.0. The molecule has 0 radical (unpaired) electrons. The molecule has 1 heterocycles. The Balaban J connectivity index is 1.99. The van der Waals surface area contributed by atoms with Gasteiger partial charge in [0.1, 0.15) is 17.2 Å². The number of aromatic nitrogens is 2. The van der Waals surface area contributed by atoms with Crippen molar-refractivity contribution in [3.8, 4) is 6.07 Å². The van der Waals surface area contributed by atoms with Crippen molar-refractivity contribution < 1.29 is 17.6 Å². The van der Waals surface area contributed by atoms with Crippen LogP contribution in [0.5, 0.6) is 0 Å². The molecule has 0 aliphatic heterocycles. The van der Waals surface area contributed by atoms with Crippen LogP contribution in [0.2, 0.25) is 0 Å². The molecule has 0 amide bonds. The number of hydrogen-bond acceptors (Lipinski definition) is 5. The lowest BCUT2D eigenvalue weighted by atomic mass is 10.2. The van der Waals surface area contributed by atoms with Gasteiger partial charge < -0.3 is 10.2 Å². The Hall–Kier alpha value is -3.67. The standard InChI is InChI=1S/C19H13F4N5/c1-28(15-8-4-13(20)5-9-15)18-25-11-16(19(21,22)23)17(27-18)26-14-6-2-12(10-24)3-7-14/h2-9,11H,1H3,(H,25,26,27). The van der Waals surface area contributed by atoms with Crippen LogP contribution in [0.25, 0.3) is 0 Å². The van der Waals surface area contributed by atoms with E-state index in [0.29, 0.717) is 23.1 Å². The summed E-state index contributed by atoms with van der Waals surface area (Å²) in [6.45, 7) is 0. The Morgan fingerprint density at radius 1 is 1.04 bits per heavy atom. The Labute approximate surface area is 157 Å². The number of nitrogens with zero attached hydrogens (tertiary/aromatic N) is 4. The molecule has 0 bridgehead atoms. The van der Waals surface area contributed by atoms with Gasteiger partial charge in [0.05, 0.1) is 11.6 Å². The largest absolute Gasteiger partial charge is 0.421 e. The topological polar surface area (TPSA) is 64.8 Å². The van der Waals surface area contributed by atoms with Crippen molar-refractivity contribution in [3.05, 3.63) is 71.7 Å². The van der Waals surface area contributed by atoms with E-state index in [4.69, 9.17) is 5.26 Å². The minimum atomic E-state index is -4.66. The molecule has 0 aliphatic carbocycles. The number of alkyl halides is 3. The number of nitrogens with one attached hydrogen (secondary N) is 1. The van der Waals surface area contributed by atoms with E-state index in [2.05, 4.69) is 15.3 Å². The van der Waals surface area contributed by atoms with Gasteiger partial charge in [-0.25, -0.2) is 9.37 Å². The summed E-state index contributed by atoms with van der Waals surface area (Å²) in [6.07, 6.45) is -3.98. The van der Waals surface area contributed by atoms with Crippen LogP contribution in [-0.2, 0) is 6.18 Å². The molecule has 3 aromatic rings. The fourth-order valence-corrected chi connectivity index (χ4v) is 2.38. The van der Waals surface area contributed by atoms with Crippen LogP contribution in [-0.4, -0.2) is 17.0 Å². The fraction of sp³-hybridized carbons (Fsp3) is 0.105. The van der Waals surface area contributed by atoms with Crippen LogP contribution in [0.15, 0.2) is 54.7 Å². The van der Waals surface area contributed by atoms with E-state index >= 15 is 0 Å². The monoisotopic (exact) mass is 387 g/mol. The van der Waals surface area contributed by atoms with Gasteiger partial charge in [-0.15, -0.1) is 0 Å². The van der Waals surface area contributed by atoms with E-state index in [1.165, 1.54) is 53.4 Å². The zero-order valence-corrected chi connectivity index (χ0v) is 14.5. The van der Waals surface area contributed by atoms with E-state index in [1.54, 1.807) is 7.05 Å². The lowest BCUT2D eigenvalue weighted by Gasteiger charge is -2.20. The van der Waals surface area contributed by atoms with Crippen LogP contribution in [0, 0.1) is 17.1 Å². The molecule has 0 saturated carbocycles. The van der Waals surface area contributed by atoms with Crippen LogP contribution in [0.4, 0.5) is 40.7 Å². The lowest BCUT2D eigenvalue weighted by molar-refractivity contribution is -0.137. The summed E-state index contributed by atoms with van der Waals surface area (Å²) in [7, 11) is 1.56. The smallest absolute Gasteiger partial charge is 0.340 e. The molecule has 142 valence electrons.